The highest BCUT2D eigenvalue weighted by Gasteiger charge is 2.38. The molecule has 0 radical (unpaired) electrons. The summed E-state index contributed by atoms with van der Waals surface area (Å²) in [6, 6.07) is 5.76. The van der Waals surface area contributed by atoms with E-state index in [1.54, 1.807) is 13.0 Å². The summed E-state index contributed by atoms with van der Waals surface area (Å²) >= 11 is 0.352. The molecule has 0 saturated heterocycles. The Kier molecular flexibility index (Phi) is 5.76. The molecule has 2 aromatic rings. The average molecular weight is 362 g/mol. The molecule has 9 heteroatoms. The summed E-state index contributed by atoms with van der Waals surface area (Å²) in [6.45, 7) is 1.68. The van der Waals surface area contributed by atoms with Crippen molar-refractivity contribution in [2.75, 3.05) is 6.54 Å². The van der Waals surface area contributed by atoms with Gasteiger partial charge in [-0.05, 0) is 18.6 Å². The smallest absolute Gasteiger partial charge is 0.427 e. The SMILES string of the molecule is CC[C@H](CNC(=O)c1ncsc1C(F)(F)F)Oc1ccccc1F. The monoisotopic (exact) mass is 362 g/mol. The van der Waals surface area contributed by atoms with Crippen LogP contribution in [0.1, 0.15) is 28.7 Å². The highest BCUT2D eigenvalue weighted by molar-refractivity contribution is 7.10. The van der Waals surface area contributed by atoms with Gasteiger partial charge < -0.3 is 10.1 Å². The summed E-state index contributed by atoms with van der Waals surface area (Å²) < 4.78 is 57.3. The maximum absolute atomic E-state index is 13.5. The van der Waals surface area contributed by atoms with Gasteiger partial charge in [0.25, 0.3) is 5.91 Å². The van der Waals surface area contributed by atoms with Crippen LogP contribution in [0.15, 0.2) is 29.8 Å². The number of hydrogen-bond donors (Lipinski definition) is 1. The molecule has 1 amide bonds. The van der Waals surface area contributed by atoms with E-state index in [0.717, 1.165) is 5.51 Å². The molecule has 2 rings (SSSR count). The van der Waals surface area contributed by atoms with Crippen LogP contribution in [0.5, 0.6) is 5.75 Å². The first-order chi connectivity index (χ1) is 11.3. The first-order valence-electron chi connectivity index (χ1n) is 7.03. The predicted molar refractivity (Wildman–Crippen MR) is 80.6 cm³/mol. The minimum Gasteiger partial charge on any atom is -0.486 e. The number of benzene rings is 1. The third kappa shape index (κ3) is 4.44. The molecule has 0 aliphatic carbocycles. The van der Waals surface area contributed by atoms with Gasteiger partial charge in [0.05, 0.1) is 12.1 Å². The lowest BCUT2D eigenvalue weighted by Crippen LogP contribution is -2.36. The zero-order chi connectivity index (χ0) is 17.7. The Balaban J connectivity index is 2.00. The van der Waals surface area contributed by atoms with Gasteiger partial charge in [-0.1, -0.05) is 19.1 Å². The lowest BCUT2D eigenvalue weighted by molar-refractivity contribution is -0.134. The quantitative estimate of drug-likeness (QED) is 0.794. The van der Waals surface area contributed by atoms with E-state index in [-0.39, 0.29) is 12.3 Å². The number of carbonyl (C=O) groups excluding carboxylic acids is 1. The molecular formula is C15H14F4N2O2S. The lowest BCUT2D eigenvalue weighted by Gasteiger charge is -2.18. The third-order valence-corrected chi connectivity index (χ3v) is 3.99. The van der Waals surface area contributed by atoms with Crippen LogP contribution in [0.2, 0.25) is 0 Å². The molecule has 1 atom stereocenters. The first-order valence-corrected chi connectivity index (χ1v) is 7.91. The Morgan fingerprint density at radius 1 is 1.38 bits per heavy atom. The van der Waals surface area contributed by atoms with E-state index in [9.17, 15) is 22.4 Å². The van der Waals surface area contributed by atoms with Crippen molar-refractivity contribution in [1.82, 2.24) is 10.3 Å². The number of nitrogens with zero attached hydrogens (tertiary/aromatic N) is 1. The highest BCUT2D eigenvalue weighted by atomic mass is 32.1. The number of para-hydroxylation sites is 1. The summed E-state index contributed by atoms with van der Waals surface area (Å²) in [4.78, 5) is 14.3. The first kappa shape index (κ1) is 18.2. The van der Waals surface area contributed by atoms with Crippen molar-refractivity contribution < 1.29 is 27.1 Å². The molecule has 0 saturated carbocycles. The number of carbonyl (C=O) groups is 1. The second-order valence-corrected chi connectivity index (χ2v) is 5.67. The van der Waals surface area contributed by atoms with Gasteiger partial charge in [0.2, 0.25) is 0 Å². The Morgan fingerprint density at radius 2 is 2.08 bits per heavy atom. The van der Waals surface area contributed by atoms with Crippen molar-refractivity contribution in [2.45, 2.75) is 25.6 Å². The fraction of sp³-hybridized carbons (Fsp3) is 0.333. The van der Waals surface area contributed by atoms with E-state index in [4.69, 9.17) is 4.74 Å². The van der Waals surface area contributed by atoms with Crippen molar-refractivity contribution in [3.63, 3.8) is 0 Å². The third-order valence-electron chi connectivity index (χ3n) is 3.12. The molecule has 0 spiro atoms. The number of alkyl halides is 3. The zero-order valence-corrected chi connectivity index (χ0v) is 13.4. The average Bonchev–Trinajstić information content (AvgIpc) is 3.02. The second-order valence-electron chi connectivity index (χ2n) is 4.82. The topological polar surface area (TPSA) is 51.2 Å². The van der Waals surface area contributed by atoms with Gasteiger partial charge in [0, 0.05) is 0 Å². The zero-order valence-electron chi connectivity index (χ0n) is 12.6. The lowest BCUT2D eigenvalue weighted by atomic mass is 10.2. The fourth-order valence-corrected chi connectivity index (χ4v) is 2.54. The van der Waals surface area contributed by atoms with Crippen molar-refractivity contribution in [3.8, 4) is 5.75 Å². The van der Waals surface area contributed by atoms with Crippen LogP contribution < -0.4 is 10.1 Å². The molecule has 0 aliphatic heterocycles. The Labute approximate surface area is 139 Å². The summed E-state index contributed by atoms with van der Waals surface area (Å²) in [5, 5.41) is 2.35. The number of halogens is 4. The van der Waals surface area contributed by atoms with Crippen LogP contribution in [-0.2, 0) is 6.18 Å². The molecule has 0 aliphatic rings. The molecular weight excluding hydrogens is 348 g/mol. The van der Waals surface area contributed by atoms with E-state index in [1.165, 1.54) is 18.2 Å². The molecule has 0 fully saturated rings. The summed E-state index contributed by atoms with van der Waals surface area (Å²) in [6.07, 6.45) is -4.79. The van der Waals surface area contributed by atoms with Gasteiger partial charge >= 0.3 is 6.18 Å². The van der Waals surface area contributed by atoms with Gasteiger partial charge in [0.1, 0.15) is 11.0 Å². The number of thiazole rings is 1. The van der Waals surface area contributed by atoms with Crippen molar-refractivity contribution in [2.24, 2.45) is 0 Å². The van der Waals surface area contributed by atoms with Gasteiger partial charge in [-0.2, -0.15) is 13.2 Å². The van der Waals surface area contributed by atoms with Crippen molar-refractivity contribution in [3.05, 3.63) is 46.2 Å². The van der Waals surface area contributed by atoms with Gasteiger partial charge in [-0.25, -0.2) is 9.37 Å². The molecule has 1 heterocycles. The van der Waals surface area contributed by atoms with Crippen LogP contribution in [0.3, 0.4) is 0 Å². The molecule has 0 unspecified atom stereocenters. The normalized spacial score (nSPS) is 12.7. The van der Waals surface area contributed by atoms with Crippen LogP contribution >= 0.6 is 11.3 Å². The largest absolute Gasteiger partial charge is 0.486 e. The molecule has 1 N–H and O–H groups in total. The van der Waals surface area contributed by atoms with E-state index in [0.29, 0.717) is 17.8 Å². The number of aromatic nitrogens is 1. The molecule has 1 aromatic carbocycles. The predicted octanol–water partition coefficient (Wildman–Crippen LogP) is 3.89. The van der Waals surface area contributed by atoms with E-state index < -0.39 is 34.6 Å². The molecule has 1 aromatic heterocycles. The molecule has 24 heavy (non-hydrogen) atoms. The van der Waals surface area contributed by atoms with Crippen LogP contribution in [0, 0.1) is 5.82 Å². The molecule has 130 valence electrons. The maximum Gasteiger partial charge on any atom is 0.427 e. The summed E-state index contributed by atoms with van der Waals surface area (Å²) in [7, 11) is 0. The Bertz CT molecular complexity index is 703. The number of hydrogen-bond acceptors (Lipinski definition) is 4. The van der Waals surface area contributed by atoms with Crippen LogP contribution in [-0.4, -0.2) is 23.5 Å². The number of nitrogens with one attached hydrogen (secondary N) is 1. The Hall–Kier alpha value is -2.16. The number of amides is 1. The fourth-order valence-electron chi connectivity index (χ4n) is 1.89. The van der Waals surface area contributed by atoms with E-state index in [1.807, 2.05) is 0 Å². The minimum absolute atomic E-state index is 0.0169. The van der Waals surface area contributed by atoms with Gasteiger partial charge in [-0.15, -0.1) is 11.3 Å². The van der Waals surface area contributed by atoms with Crippen LogP contribution in [0.4, 0.5) is 17.6 Å². The molecule has 0 bridgehead atoms. The summed E-state index contributed by atoms with van der Waals surface area (Å²) in [5.41, 5.74) is 0.290. The second kappa shape index (κ2) is 7.61. The maximum atomic E-state index is 13.5. The number of rotatable bonds is 6. The molecule has 4 nitrogen and oxygen atoms in total. The summed E-state index contributed by atoms with van der Waals surface area (Å²) in [5.74, 6) is -1.48. The van der Waals surface area contributed by atoms with Crippen LogP contribution in [0.25, 0.3) is 0 Å². The minimum atomic E-state index is -4.64. The standard InChI is InChI=1S/C15H14F4N2O2S/c1-2-9(23-11-6-4-3-5-10(11)16)7-20-14(22)12-13(15(17,18)19)24-8-21-12/h3-6,8-9H,2,7H2,1H3,(H,20,22)/t9-/m1/s1. The van der Waals surface area contributed by atoms with Gasteiger partial charge in [0.15, 0.2) is 17.3 Å². The van der Waals surface area contributed by atoms with E-state index >= 15 is 0 Å². The number of ether oxygens (including phenoxy) is 1. The van der Waals surface area contributed by atoms with Crippen molar-refractivity contribution >= 4 is 17.2 Å². The van der Waals surface area contributed by atoms with Crippen molar-refractivity contribution in [1.29, 1.82) is 0 Å². The highest BCUT2D eigenvalue weighted by Crippen LogP contribution is 2.34. The Morgan fingerprint density at radius 3 is 2.71 bits per heavy atom. The van der Waals surface area contributed by atoms with Gasteiger partial charge in [-0.3, -0.25) is 4.79 Å². The van der Waals surface area contributed by atoms with E-state index in [2.05, 4.69) is 10.3 Å².